The maximum absolute atomic E-state index is 13.4. The highest BCUT2D eigenvalue weighted by atomic mass is 16.5. The lowest BCUT2D eigenvalue weighted by Gasteiger charge is -2.29. The summed E-state index contributed by atoms with van der Waals surface area (Å²) >= 11 is 0. The number of hydrogen-bond donors (Lipinski definition) is 5. The summed E-state index contributed by atoms with van der Waals surface area (Å²) in [5, 5.41) is 16.3. The Morgan fingerprint density at radius 1 is 0.745 bits per heavy atom. The second-order valence-corrected chi connectivity index (χ2v) is 14.5. The minimum absolute atomic E-state index is 0.117. The third kappa shape index (κ3) is 8.92. The molecule has 0 spiro atoms. The van der Waals surface area contributed by atoms with Gasteiger partial charge in [0.15, 0.2) is 0 Å². The molecule has 286 valence electrons. The highest BCUT2D eigenvalue weighted by Crippen LogP contribution is 2.33. The van der Waals surface area contributed by atoms with Gasteiger partial charge in [0.2, 0.25) is 11.8 Å². The first kappa shape index (κ1) is 38.4. The number of methoxy groups -OCH3 is 1. The van der Waals surface area contributed by atoms with Crippen LogP contribution >= 0.6 is 0 Å². The summed E-state index contributed by atoms with van der Waals surface area (Å²) in [6.45, 7) is 8.51. The van der Waals surface area contributed by atoms with E-state index in [-0.39, 0.29) is 35.7 Å². The molecular formula is C41H46N8O6. The first-order valence-corrected chi connectivity index (χ1v) is 18.5. The molecule has 2 aliphatic rings. The molecule has 0 bridgehead atoms. The van der Waals surface area contributed by atoms with Crippen LogP contribution in [0, 0.1) is 35.5 Å². The average molecular weight is 747 g/mol. The number of fused-ring (bicyclic) bond motifs is 1. The fourth-order valence-corrected chi connectivity index (χ4v) is 7.15. The summed E-state index contributed by atoms with van der Waals surface area (Å²) in [4.78, 5) is 69.0. The second kappa shape index (κ2) is 16.8. The van der Waals surface area contributed by atoms with Gasteiger partial charge in [-0.2, -0.15) is 0 Å². The molecule has 2 unspecified atom stereocenters. The predicted octanol–water partition coefficient (Wildman–Crippen LogP) is 5.09. The number of H-pyrrole nitrogens is 2. The number of carboxylic acid groups (broad SMARTS) is 1. The van der Waals surface area contributed by atoms with Crippen LogP contribution in [0.3, 0.4) is 0 Å². The lowest BCUT2D eigenvalue weighted by Crippen LogP contribution is -2.51. The molecular weight excluding hydrogens is 701 g/mol. The molecule has 0 radical (unpaired) electrons. The molecule has 0 aliphatic carbocycles. The number of aromatic amines is 2. The van der Waals surface area contributed by atoms with E-state index in [0.717, 1.165) is 47.6 Å². The van der Waals surface area contributed by atoms with E-state index < -0.39 is 24.3 Å². The van der Waals surface area contributed by atoms with Crippen molar-refractivity contribution in [3.05, 3.63) is 83.0 Å². The smallest absolute Gasteiger partial charge is 0.407 e. The molecule has 4 amide bonds. The Bertz CT molecular complexity index is 2200. The molecule has 2 saturated heterocycles. The van der Waals surface area contributed by atoms with E-state index in [1.165, 1.54) is 7.11 Å². The van der Waals surface area contributed by atoms with Crippen molar-refractivity contribution < 1.29 is 29.0 Å². The number of alkyl carbamates (subject to hydrolysis) is 1. The van der Waals surface area contributed by atoms with Gasteiger partial charge in [0.1, 0.15) is 35.1 Å². The lowest BCUT2D eigenvalue weighted by atomic mass is 10.0. The first-order chi connectivity index (χ1) is 26.4. The van der Waals surface area contributed by atoms with Gasteiger partial charge in [-0.15, -0.1) is 0 Å². The highest BCUT2D eigenvalue weighted by Gasteiger charge is 2.38. The Kier molecular flexibility index (Phi) is 11.7. The molecule has 14 heteroatoms. The van der Waals surface area contributed by atoms with Gasteiger partial charge in [-0.3, -0.25) is 9.59 Å². The molecule has 55 heavy (non-hydrogen) atoms. The number of amides is 4. The van der Waals surface area contributed by atoms with Gasteiger partial charge in [-0.25, -0.2) is 19.6 Å². The minimum Gasteiger partial charge on any atom is -0.465 e. The number of imidazole rings is 2. The van der Waals surface area contributed by atoms with Crippen LogP contribution in [-0.4, -0.2) is 91.1 Å². The van der Waals surface area contributed by atoms with Crippen LogP contribution in [0.5, 0.6) is 0 Å². The number of aromatic nitrogens is 4. The Balaban J connectivity index is 1.10. The Hall–Kier alpha value is -6.28. The third-order valence-corrected chi connectivity index (χ3v) is 10.0. The van der Waals surface area contributed by atoms with Crippen LogP contribution in [0.4, 0.5) is 9.59 Å². The quantitative estimate of drug-likeness (QED) is 0.155. The third-order valence-electron chi connectivity index (χ3n) is 10.0. The van der Waals surface area contributed by atoms with Crippen LogP contribution in [0.25, 0.3) is 10.8 Å². The van der Waals surface area contributed by atoms with Gasteiger partial charge in [-0.05, 0) is 84.4 Å². The summed E-state index contributed by atoms with van der Waals surface area (Å²) in [7, 11) is 1.28. The number of carbonyl (C=O) groups excluding carboxylic acids is 3. The lowest BCUT2D eigenvalue weighted by molar-refractivity contribution is -0.136. The Morgan fingerprint density at radius 3 is 1.62 bits per heavy atom. The number of hydrogen-bond acceptors (Lipinski definition) is 7. The SMILES string of the molecule is COC(=O)NC(C(=O)N1CCC[C@H]1c1ncc(C#Cc2ccc3cc(C#Cc4cnc([C@@H]5CCCN5C(=O)C(NC(=O)O)C(C)C)[nH]4)ccc3c2)[nH]1)C(C)C. The van der Waals surface area contributed by atoms with E-state index in [2.05, 4.69) is 54.3 Å². The van der Waals surface area contributed by atoms with Crippen molar-refractivity contribution in [3.63, 3.8) is 0 Å². The molecule has 4 heterocycles. The maximum Gasteiger partial charge on any atom is 0.407 e. The molecule has 2 aromatic heterocycles. The molecule has 5 N–H and O–H groups in total. The van der Waals surface area contributed by atoms with Gasteiger partial charge >= 0.3 is 12.2 Å². The van der Waals surface area contributed by atoms with Gasteiger partial charge in [0.05, 0.1) is 31.6 Å². The van der Waals surface area contributed by atoms with E-state index in [1.54, 1.807) is 22.2 Å². The summed E-state index contributed by atoms with van der Waals surface area (Å²) < 4.78 is 4.73. The number of ether oxygens (including phenoxy) is 1. The summed E-state index contributed by atoms with van der Waals surface area (Å²) in [5.74, 6) is 13.3. The van der Waals surface area contributed by atoms with Crippen molar-refractivity contribution in [2.24, 2.45) is 11.8 Å². The molecule has 2 aliphatic heterocycles. The van der Waals surface area contributed by atoms with E-state index in [4.69, 9.17) is 4.74 Å². The molecule has 2 aromatic carbocycles. The zero-order valence-corrected chi connectivity index (χ0v) is 31.6. The van der Waals surface area contributed by atoms with Crippen LogP contribution in [0.1, 0.15) is 99.6 Å². The van der Waals surface area contributed by atoms with Gasteiger partial charge in [0, 0.05) is 24.2 Å². The summed E-state index contributed by atoms with van der Waals surface area (Å²) in [6.07, 6.45) is 4.58. The van der Waals surface area contributed by atoms with Crippen molar-refractivity contribution >= 4 is 34.8 Å². The molecule has 14 nitrogen and oxygen atoms in total. The van der Waals surface area contributed by atoms with Crippen molar-refractivity contribution in [1.29, 1.82) is 0 Å². The predicted molar refractivity (Wildman–Crippen MR) is 204 cm³/mol. The van der Waals surface area contributed by atoms with Gasteiger partial charge in [0.25, 0.3) is 0 Å². The maximum atomic E-state index is 13.4. The molecule has 4 atom stereocenters. The van der Waals surface area contributed by atoms with Crippen molar-refractivity contribution in [2.45, 2.75) is 77.5 Å². The summed E-state index contributed by atoms with van der Waals surface area (Å²) in [5.41, 5.74) is 2.91. The zero-order chi connectivity index (χ0) is 39.2. The largest absolute Gasteiger partial charge is 0.465 e. The minimum atomic E-state index is -1.22. The Morgan fingerprint density at radius 2 is 1.20 bits per heavy atom. The fourth-order valence-electron chi connectivity index (χ4n) is 7.15. The summed E-state index contributed by atoms with van der Waals surface area (Å²) in [6, 6.07) is 9.88. The fraction of sp³-hybridized carbons (Fsp3) is 0.415. The number of benzene rings is 2. The van der Waals surface area contributed by atoms with Crippen LogP contribution in [-0.2, 0) is 14.3 Å². The highest BCUT2D eigenvalue weighted by molar-refractivity contribution is 5.87. The topological polar surface area (TPSA) is 186 Å². The van der Waals surface area contributed by atoms with Crippen LogP contribution in [0.15, 0.2) is 48.8 Å². The van der Waals surface area contributed by atoms with Gasteiger partial charge in [-0.1, -0.05) is 51.7 Å². The first-order valence-electron chi connectivity index (χ1n) is 18.5. The zero-order valence-electron chi connectivity index (χ0n) is 31.6. The second-order valence-electron chi connectivity index (χ2n) is 14.5. The monoisotopic (exact) mass is 746 g/mol. The van der Waals surface area contributed by atoms with Crippen LogP contribution < -0.4 is 10.6 Å². The number of nitrogens with zero attached hydrogens (tertiary/aromatic N) is 4. The van der Waals surface area contributed by atoms with E-state index in [1.807, 2.05) is 64.1 Å². The number of nitrogens with one attached hydrogen (secondary N) is 4. The normalized spacial score (nSPS) is 17.7. The van der Waals surface area contributed by atoms with Gasteiger partial charge < -0.3 is 40.2 Å². The van der Waals surface area contributed by atoms with Crippen molar-refractivity contribution in [2.75, 3.05) is 20.2 Å². The van der Waals surface area contributed by atoms with E-state index >= 15 is 0 Å². The number of likely N-dealkylation sites (tertiary alicyclic amines) is 2. The number of carbonyl (C=O) groups is 4. The standard InChI is InChI=1S/C41H46N8O6/c1-24(2)34(46-40(52)53)38(50)48-18-6-8-32(48)36-42-22-30(44-36)16-12-26-10-14-29-21-27(11-15-28(29)20-26)13-17-31-23-43-37(45-31)33-9-7-19-49(33)39(51)35(25(3)4)47-41(54)55-5/h10-11,14-15,20-25,32-35,46H,6-9,18-19H2,1-5H3,(H,42,44)(H,43,45)(H,47,54)(H,52,53)/t32-,33-,34?,35?/m0/s1. The van der Waals surface area contributed by atoms with Crippen molar-refractivity contribution in [3.8, 4) is 23.7 Å². The van der Waals surface area contributed by atoms with E-state index in [9.17, 15) is 24.3 Å². The molecule has 0 saturated carbocycles. The Labute approximate surface area is 319 Å². The number of rotatable bonds is 8. The molecule has 2 fully saturated rings. The molecule has 4 aromatic rings. The van der Waals surface area contributed by atoms with E-state index in [0.29, 0.717) is 36.1 Å². The van der Waals surface area contributed by atoms with Crippen LogP contribution in [0.2, 0.25) is 0 Å². The molecule has 6 rings (SSSR count). The average Bonchev–Trinajstić information content (AvgIpc) is 4.00. The van der Waals surface area contributed by atoms with Crippen molar-refractivity contribution in [1.82, 2.24) is 40.4 Å².